The summed E-state index contributed by atoms with van der Waals surface area (Å²) in [4.78, 5) is 9.15. The van der Waals surface area contributed by atoms with Crippen LogP contribution < -0.4 is 9.80 Å². The normalized spacial score (nSPS) is 11.4. The van der Waals surface area contributed by atoms with Crippen molar-refractivity contribution in [3.63, 3.8) is 0 Å². The maximum atomic E-state index is 7.11. The molecule has 13 rings (SSSR count). The minimum atomic E-state index is 0.800. The molecule has 330 valence electrons. The minimum absolute atomic E-state index is 0.800. The number of aromatic nitrogens is 2. The van der Waals surface area contributed by atoms with Crippen LogP contribution in [0, 0.1) is 0 Å². The van der Waals surface area contributed by atoms with Gasteiger partial charge < -0.3 is 18.8 Å². The van der Waals surface area contributed by atoms with Crippen LogP contribution in [0.4, 0.5) is 34.1 Å². The first-order chi connectivity index (χ1) is 34.7. The average Bonchev–Trinajstić information content (AvgIpc) is 3.98. The Bertz CT molecular complexity index is 3960. The van der Waals surface area contributed by atoms with Gasteiger partial charge in [0, 0.05) is 56.2 Å². The number of hydrogen-bond donors (Lipinski definition) is 0. The van der Waals surface area contributed by atoms with E-state index in [1.54, 1.807) is 0 Å². The monoisotopic (exact) mass is 896 g/mol. The van der Waals surface area contributed by atoms with Crippen LogP contribution in [0.25, 0.3) is 82.8 Å². The van der Waals surface area contributed by atoms with Gasteiger partial charge in [-0.15, -0.1) is 0 Å². The van der Waals surface area contributed by atoms with Gasteiger partial charge in [0.2, 0.25) is 0 Å². The molecule has 0 aliphatic rings. The van der Waals surface area contributed by atoms with Gasteiger partial charge in [-0.05, 0) is 137 Å². The highest BCUT2D eigenvalue weighted by Gasteiger charge is 2.24. The lowest BCUT2D eigenvalue weighted by Gasteiger charge is -2.29. The highest BCUT2D eigenvalue weighted by Crippen LogP contribution is 2.48. The topological polar surface area (TPSA) is 37.4 Å². The van der Waals surface area contributed by atoms with E-state index in [1.165, 1.54) is 21.9 Å². The minimum Gasteiger partial charge on any atom is -0.454 e. The van der Waals surface area contributed by atoms with E-state index in [-0.39, 0.29) is 0 Å². The van der Waals surface area contributed by atoms with E-state index in [0.717, 1.165) is 95.0 Å². The Hall–Kier alpha value is -9.45. The largest absolute Gasteiger partial charge is 0.454 e. The van der Waals surface area contributed by atoms with Crippen LogP contribution in [0.15, 0.2) is 272 Å². The van der Waals surface area contributed by atoms with Crippen molar-refractivity contribution >= 4 is 77.9 Å². The second-order valence-corrected chi connectivity index (χ2v) is 17.6. The van der Waals surface area contributed by atoms with Crippen molar-refractivity contribution < 1.29 is 4.42 Å². The molecule has 0 amide bonds. The lowest BCUT2D eigenvalue weighted by atomic mass is 10.00. The summed E-state index contributed by atoms with van der Waals surface area (Å²) < 4.78 is 9.42. The molecule has 0 saturated carbocycles. The predicted molar refractivity (Wildman–Crippen MR) is 292 cm³/mol. The Kier molecular flexibility index (Phi) is 10.1. The molecule has 0 bridgehead atoms. The zero-order valence-electron chi connectivity index (χ0n) is 38.1. The third-order valence-corrected chi connectivity index (χ3v) is 13.4. The van der Waals surface area contributed by atoms with E-state index >= 15 is 0 Å². The van der Waals surface area contributed by atoms with Crippen molar-refractivity contribution in [1.29, 1.82) is 0 Å². The van der Waals surface area contributed by atoms with Gasteiger partial charge in [0.1, 0.15) is 5.58 Å². The van der Waals surface area contributed by atoms with Gasteiger partial charge in [0.25, 0.3) is 0 Å². The van der Waals surface area contributed by atoms with Crippen molar-refractivity contribution in [2.45, 2.75) is 0 Å². The number of furan rings is 1. The Morgan fingerprint density at radius 3 is 1.46 bits per heavy atom. The number of nitrogens with zero attached hydrogens (tertiary/aromatic N) is 4. The molecule has 70 heavy (non-hydrogen) atoms. The maximum Gasteiger partial charge on any atom is 0.159 e. The highest BCUT2D eigenvalue weighted by atomic mass is 16.3. The molecule has 10 aromatic carbocycles. The van der Waals surface area contributed by atoms with E-state index < -0.39 is 0 Å². The zero-order chi connectivity index (χ0) is 46.4. The van der Waals surface area contributed by atoms with Crippen LogP contribution >= 0.6 is 0 Å². The number of para-hydroxylation sites is 3. The molecule has 0 aliphatic carbocycles. The molecular weight excluding hydrogens is 853 g/mol. The van der Waals surface area contributed by atoms with Gasteiger partial charge >= 0.3 is 0 Å². The molecular formula is C65H44N4O. The smallest absolute Gasteiger partial charge is 0.159 e. The van der Waals surface area contributed by atoms with Gasteiger partial charge in [-0.25, -0.2) is 0 Å². The SMILES string of the molecule is c1ccc(-c2ccc(N(c3ccccc3)c3cc(N(c4ccccc4)c4ccc(-c5ccccc5)cc4)c4oc5ccc(-c6ccc7c(c6)c6ccccc6n7-c6cccnc6)cc5c4c3)cc2)cc1. The second-order valence-electron chi connectivity index (χ2n) is 17.6. The molecule has 5 nitrogen and oxygen atoms in total. The van der Waals surface area contributed by atoms with Gasteiger partial charge in [0.15, 0.2) is 5.58 Å². The lowest BCUT2D eigenvalue weighted by Crippen LogP contribution is -2.13. The molecule has 0 N–H and O–H groups in total. The molecule has 0 atom stereocenters. The Balaban J connectivity index is 1.03. The summed E-state index contributed by atoms with van der Waals surface area (Å²) in [5.74, 6) is 0. The van der Waals surface area contributed by atoms with Crippen LogP contribution in [0.3, 0.4) is 0 Å². The first kappa shape index (κ1) is 40.8. The lowest BCUT2D eigenvalue weighted by molar-refractivity contribution is 0.669. The van der Waals surface area contributed by atoms with Crippen LogP contribution in [0.5, 0.6) is 0 Å². The van der Waals surface area contributed by atoms with Gasteiger partial charge in [-0.3, -0.25) is 4.98 Å². The van der Waals surface area contributed by atoms with Gasteiger partial charge in [0.05, 0.1) is 28.6 Å². The van der Waals surface area contributed by atoms with Gasteiger partial charge in [-0.2, -0.15) is 0 Å². The molecule has 0 aliphatic heterocycles. The highest BCUT2D eigenvalue weighted by molar-refractivity contribution is 6.14. The molecule has 3 aromatic heterocycles. The Morgan fingerprint density at radius 2 is 0.829 bits per heavy atom. The fourth-order valence-electron chi connectivity index (χ4n) is 10.1. The third kappa shape index (κ3) is 7.25. The average molecular weight is 897 g/mol. The molecule has 13 aromatic rings. The van der Waals surface area contributed by atoms with Crippen LogP contribution in [0.1, 0.15) is 0 Å². The summed E-state index contributed by atoms with van der Waals surface area (Å²) in [6.07, 6.45) is 3.75. The molecule has 0 radical (unpaired) electrons. The second kappa shape index (κ2) is 17.3. The molecule has 0 fully saturated rings. The summed E-state index contributed by atoms with van der Waals surface area (Å²) in [5, 5.41) is 4.44. The Morgan fingerprint density at radius 1 is 0.329 bits per heavy atom. The molecule has 0 unspecified atom stereocenters. The maximum absolute atomic E-state index is 7.11. The van der Waals surface area contributed by atoms with Crippen molar-refractivity contribution in [3.05, 3.63) is 267 Å². The standard InChI is InChI=1S/C65H44N4O/c1-5-16-45(17-6-1)47-27-33-53(34-28-47)67(51-20-9-3-10-21-51)56-42-60-59-41-50(49-31-37-62-58(40-49)57-25-13-14-26-61(57)69(62)55-24-15-39-66-44-55)32-38-64(59)70-65(60)63(43-56)68(52-22-11-4-12-23-52)54-35-29-48(30-36-54)46-18-7-2-8-19-46/h1-44H. The number of fused-ring (bicyclic) bond motifs is 6. The summed E-state index contributed by atoms with van der Waals surface area (Å²) >= 11 is 0. The number of rotatable bonds is 10. The van der Waals surface area contributed by atoms with Crippen molar-refractivity contribution in [2.24, 2.45) is 0 Å². The molecule has 0 saturated heterocycles. The summed E-state index contributed by atoms with van der Waals surface area (Å²) in [6.45, 7) is 0. The van der Waals surface area contributed by atoms with Crippen LogP contribution in [0.2, 0.25) is 0 Å². The molecule has 3 heterocycles. The van der Waals surface area contributed by atoms with E-state index in [4.69, 9.17) is 4.42 Å². The van der Waals surface area contributed by atoms with Crippen molar-refractivity contribution in [2.75, 3.05) is 9.80 Å². The van der Waals surface area contributed by atoms with E-state index in [1.807, 2.05) is 18.5 Å². The van der Waals surface area contributed by atoms with E-state index in [0.29, 0.717) is 0 Å². The summed E-state index contributed by atoms with van der Waals surface area (Å²) in [7, 11) is 0. The number of benzene rings is 10. The fourth-order valence-corrected chi connectivity index (χ4v) is 10.1. The zero-order valence-corrected chi connectivity index (χ0v) is 38.1. The number of pyridine rings is 1. The fraction of sp³-hybridized carbons (Fsp3) is 0. The van der Waals surface area contributed by atoms with Crippen molar-refractivity contribution in [3.8, 4) is 39.1 Å². The predicted octanol–water partition coefficient (Wildman–Crippen LogP) is 18.0. The third-order valence-electron chi connectivity index (χ3n) is 13.4. The summed E-state index contributed by atoms with van der Waals surface area (Å²) in [6, 6.07) is 90.8. The van der Waals surface area contributed by atoms with E-state index in [2.05, 4.69) is 268 Å². The quantitative estimate of drug-likeness (QED) is 0.137. The number of anilines is 6. The van der Waals surface area contributed by atoms with E-state index in [9.17, 15) is 0 Å². The van der Waals surface area contributed by atoms with Crippen molar-refractivity contribution in [1.82, 2.24) is 9.55 Å². The van der Waals surface area contributed by atoms with Crippen LogP contribution in [-0.2, 0) is 0 Å². The van der Waals surface area contributed by atoms with Gasteiger partial charge in [-0.1, -0.05) is 152 Å². The van der Waals surface area contributed by atoms with Crippen LogP contribution in [-0.4, -0.2) is 9.55 Å². The first-order valence-electron chi connectivity index (χ1n) is 23.7. The first-order valence-corrected chi connectivity index (χ1v) is 23.7. The summed E-state index contributed by atoms with van der Waals surface area (Å²) in [5.41, 5.74) is 17.9. The molecule has 5 heteroatoms. The molecule has 0 spiro atoms. The Labute approximate surface area is 406 Å². The number of hydrogen-bond acceptors (Lipinski definition) is 4.